The second kappa shape index (κ2) is 6.65. The van der Waals surface area contributed by atoms with Crippen molar-refractivity contribution in [1.82, 2.24) is 0 Å². The molecule has 27 heavy (non-hydrogen) atoms. The molecule has 0 fully saturated rings. The summed E-state index contributed by atoms with van der Waals surface area (Å²) in [7, 11) is 0. The first-order valence-electron chi connectivity index (χ1n) is 9.16. The van der Waals surface area contributed by atoms with E-state index >= 15 is 0 Å². The van der Waals surface area contributed by atoms with Gasteiger partial charge in [0.05, 0.1) is 6.61 Å². The largest absolute Gasteiger partial charge is 0.494 e. The van der Waals surface area contributed by atoms with Crippen LogP contribution in [-0.4, -0.2) is 13.3 Å². The SMILES string of the molecule is CCOc1ccc(N2COc3c(cc4c(C)c(C)c(=O)oc4c3C)C2)cc1. The smallest absolute Gasteiger partial charge is 0.339 e. The highest BCUT2D eigenvalue weighted by molar-refractivity contribution is 5.87. The molecule has 2 aromatic carbocycles. The number of fused-ring (bicyclic) bond motifs is 2. The standard InChI is InChI=1S/C22H23NO4/c1-5-25-18-8-6-17(7-9-18)23-11-16-10-19-13(2)14(3)22(24)27-21(19)15(4)20(16)26-12-23/h6-10H,5,11-12H2,1-4H3. The third-order valence-electron chi connectivity index (χ3n) is 5.24. The molecule has 1 aliphatic heterocycles. The fraction of sp³-hybridized carbons (Fsp3) is 0.318. The summed E-state index contributed by atoms with van der Waals surface area (Å²) in [6.45, 7) is 9.53. The Morgan fingerprint density at radius 3 is 2.52 bits per heavy atom. The highest BCUT2D eigenvalue weighted by Crippen LogP contribution is 2.37. The van der Waals surface area contributed by atoms with Gasteiger partial charge in [-0.3, -0.25) is 0 Å². The van der Waals surface area contributed by atoms with E-state index in [0.717, 1.165) is 45.8 Å². The van der Waals surface area contributed by atoms with Gasteiger partial charge in [0.25, 0.3) is 0 Å². The molecule has 0 amide bonds. The minimum absolute atomic E-state index is 0.283. The van der Waals surface area contributed by atoms with Crippen molar-refractivity contribution in [1.29, 1.82) is 0 Å². The Morgan fingerprint density at radius 1 is 1.07 bits per heavy atom. The number of aryl methyl sites for hydroxylation is 2. The van der Waals surface area contributed by atoms with Crippen LogP contribution in [0, 0.1) is 20.8 Å². The van der Waals surface area contributed by atoms with Crippen molar-refractivity contribution in [3.8, 4) is 11.5 Å². The number of ether oxygens (including phenoxy) is 2. The van der Waals surface area contributed by atoms with Gasteiger partial charge in [-0.1, -0.05) is 0 Å². The normalized spacial score (nSPS) is 13.4. The summed E-state index contributed by atoms with van der Waals surface area (Å²) < 4.78 is 17.1. The molecule has 1 aliphatic rings. The molecular weight excluding hydrogens is 342 g/mol. The average Bonchev–Trinajstić information content (AvgIpc) is 2.68. The fourth-order valence-electron chi connectivity index (χ4n) is 3.58. The van der Waals surface area contributed by atoms with Gasteiger partial charge in [-0.15, -0.1) is 0 Å². The Bertz CT molecular complexity index is 1070. The van der Waals surface area contributed by atoms with Crippen LogP contribution in [0.2, 0.25) is 0 Å². The number of nitrogens with zero attached hydrogens (tertiary/aromatic N) is 1. The zero-order valence-corrected chi connectivity index (χ0v) is 16.1. The van der Waals surface area contributed by atoms with Gasteiger partial charge >= 0.3 is 5.63 Å². The van der Waals surface area contributed by atoms with Crippen LogP contribution in [0.25, 0.3) is 11.0 Å². The van der Waals surface area contributed by atoms with E-state index in [4.69, 9.17) is 13.9 Å². The summed E-state index contributed by atoms with van der Waals surface area (Å²) in [6.07, 6.45) is 0. The molecule has 0 spiro atoms. The molecule has 2 heterocycles. The maximum Gasteiger partial charge on any atom is 0.339 e. The van der Waals surface area contributed by atoms with Gasteiger partial charge in [-0.25, -0.2) is 4.79 Å². The van der Waals surface area contributed by atoms with Crippen molar-refractivity contribution in [3.05, 3.63) is 63.0 Å². The molecule has 0 N–H and O–H groups in total. The summed E-state index contributed by atoms with van der Waals surface area (Å²) in [5, 5.41) is 0.973. The Labute approximate surface area is 158 Å². The highest BCUT2D eigenvalue weighted by Gasteiger charge is 2.23. The summed E-state index contributed by atoms with van der Waals surface area (Å²) in [4.78, 5) is 14.2. The maximum absolute atomic E-state index is 12.1. The second-order valence-corrected chi connectivity index (χ2v) is 6.90. The molecule has 5 nitrogen and oxygen atoms in total. The first-order chi connectivity index (χ1) is 13.0. The number of hydrogen-bond donors (Lipinski definition) is 0. The van der Waals surface area contributed by atoms with Crippen LogP contribution >= 0.6 is 0 Å². The minimum atomic E-state index is -0.283. The molecule has 3 aromatic rings. The van der Waals surface area contributed by atoms with Gasteiger partial charge in [-0.05, 0) is 63.6 Å². The van der Waals surface area contributed by atoms with E-state index < -0.39 is 0 Å². The lowest BCUT2D eigenvalue weighted by molar-refractivity contribution is 0.287. The molecule has 4 rings (SSSR count). The first-order valence-corrected chi connectivity index (χ1v) is 9.16. The average molecular weight is 365 g/mol. The van der Waals surface area contributed by atoms with Gasteiger partial charge in [0.1, 0.15) is 17.1 Å². The number of hydrogen-bond acceptors (Lipinski definition) is 5. The van der Waals surface area contributed by atoms with Crippen LogP contribution in [0.15, 0.2) is 39.5 Å². The third kappa shape index (κ3) is 2.93. The zero-order chi connectivity index (χ0) is 19.1. The summed E-state index contributed by atoms with van der Waals surface area (Å²) in [5.74, 6) is 1.68. The van der Waals surface area contributed by atoms with E-state index in [1.165, 1.54) is 0 Å². The molecule has 0 atom stereocenters. The summed E-state index contributed by atoms with van der Waals surface area (Å²) in [5.41, 5.74) is 5.01. The lowest BCUT2D eigenvalue weighted by Gasteiger charge is -2.32. The molecular formula is C22H23NO4. The van der Waals surface area contributed by atoms with Crippen LogP contribution < -0.4 is 20.0 Å². The van der Waals surface area contributed by atoms with Crippen molar-refractivity contribution in [3.63, 3.8) is 0 Å². The van der Waals surface area contributed by atoms with Crippen molar-refractivity contribution in [2.75, 3.05) is 18.2 Å². The molecule has 0 saturated carbocycles. The van der Waals surface area contributed by atoms with E-state index in [9.17, 15) is 4.79 Å². The van der Waals surface area contributed by atoms with Crippen molar-refractivity contribution in [2.45, 2.75) is 34.2 Å². The number of rotatable bonds is 3. The lowest BCUT2D eigenvalue weighted by atomic mass is 9.99. The van der Waals surface area contributed by atoms with E-state index in [-0.39, 0.29) is 5.63 Å². The Balaban J connectivity index is 1.74. The topological polar surface area (TPSA) is 51.9 Å². The maximum atomic E-state index is 12.1. The van der Waals surface area contributed by atoms with Gasteiger partial charge in [0, 0.05) is 34.3 Å². The fourth-order valence-corrected chi connectivity index (χ4v) is 3.58. The van der Waals surface area contributed by atoms with Gasteiger partial charge in [0.15, 0.2) is 6.73 Å². The zero-order valence-electron chi connectivity index (χ0n) is 16.1. The van der Waals surface area contributed by atoms with Gasteiger partial charge in [0.2, 0.25) is 0 Å². The Hall–Kier alpha value is -2.95. The van der Waals surface area contributed by atoms with Crippen molar-refractivity contribution < 1.29 is 13.9 Å². The number of anilines is 1. The van der Waals surface area contributed by atoms with Crippen LogP contribution in [0.1, 0.15) is 29.2 Å². The first kappa shape index (κ1) is 17.5. The molecule has 0 saturated heterocycles. The van der Waals surface area contributed by atoms with E-state index in [2.05, 4.69) is 11.0 Å². The monoisotopic (exact) mass is 365 g/mol. The van der Waals surface area contributed by atoms with Crippen LogP contribution in [-0.2, 0) is 6.54 Å². The summed E-state index contributed by atoms with van der Waals surface area (Å²) in [6, 6.07) is 10.1. The van der Waals surface area contributed by atoms with Gasteiger partial charge < -0.3 is 18.8 Å². The van der Waals surface area contributed by atoms with E-state index in [1.54, 1.807) is 6.92 Å². The van der Waals surface area contributed by atoms with Crippen molar-refractivity contribution in [2.24, 2.45) is 0 Å². The Morgan fingerprint density at radius 2 is 1.81 bits per heavy atom. The van der Waals surface area contributed by atoms with Crippen LogP contribution in [0.4, 0.5) is 5.69 Å². The van der Waals surface area contributed by atoms with Gasteiger partial charge in [-0.2, -0.15) is 0 Å². The van der Waals surface area contributed by atoms with Crippen LogP contribution in [0.5, 0.6) is 11.5 Å². The molecule has 0 bridgehead atoms. The molecule has 5 heteroatoms. The minimum Gasteiger partial charge on any atom is -0.494 e. The molecule has 0 radical (unpaired) electrons. The third-order valence-corrected chi connectivity index (χ3v) is 5.24. The molecule has 140 valence electrons. The predicted molar refractivity (Wildman–Crippen MR) is 106 cm³/mol. The number of benzene rings is 2. The van der Waals surface area contributed by atoms with E-state index in [0.29, 0.717) is 24.5 Å². The summed E-state index contributed by atoms with van der Waals surface area (Å²) >= 11 is 0. The quantitative estimate of drug-likeness (QED) is 0.641. The predicted octanol–water partition coefficient (Wildman–Crippen LogP) is 4.47. The van der Waals surface area contributed by atoms with Crippen molar-refractivity contribution >= 4 is 16.7 Å². The molecule has 0 aliphatic carbocycles. The highest BCUT2D eigenvalue weighted by atomic mass is 16.5. The Kier molecular flexibility index (Phi) is 4.30. The van der Waals surface area contributed by atoms with Crippen LogP contribution in [0.3, 0.4) is 0 Å². The molecule has 1 aromatic heterocycles. The molecule has 0 unspecified atom stereocenters. The van der Waals surface area contributed by atoms with E-state index in [1.807, 2.05) is 45.0 Å². The lowest BCUT2D eigenvalue weighted by Crippen LogP contribution is -2.32. The second-order valence-electron chi connectivity index (χ2n) is 6.90.